The van der Waals surface area contributed by atoms with Gasteiger partial charge in [0.1, 0.15) is 12.4 Å². The number of allylic oxidation sites excluding steroid dienone is 1. The Morgan fingerprint density at radius 1 is 0.857 bits per heavy atom. The molecule has 5 nitrogen and oxygen atoms in total. The third-order valence-corrected chi connectivity index (χ3v) is 7.47. The second kappa shape index (κ2) is 20.7. The number of hydrogen-bond acceptors (Lipinski definition) is 3. The van der Waals surface area contributed by atoms with Crippen LogP contribution < -0.4 is 5.73 Å². The third kappa shape index (κ3) is 14.6. The second-order valence-electron chi connectivity index (χ2n) is 10.6. The van der Waals surface area contributed by atoms with Crippen LogP contribution in [0.3, 0.4) is 0 Å². The maximum atomic E-state index is 11.3. The van der Waals surface area contributed by atoms with E-state index in [-0.39, 0.29) is 17.2 Å². The molecular formula is C30H56N3O2+. The normalized spacial score (nSPS) is 18.1. The molecule has 1 aliphatic rings. The summed E-state index contributed by atoms with van der Waals surface area (Å²) >= 11 is 0. The van der Waals surface area contributed by atoms with Crippen LogP contribution in [0.4, 0.5) is 0 Å². The zero-order chi connectivity index (χ0) is 25.6. The fourth-order valence-electron chi connectivity index (χ4n) is 5.16. The molecule has 0 aromatic carbocycles. The van der Waals surface area contributed by atoms with Gasteiger partial charge >= 0.3 is 5.97 Å². The highest BCUT2D eigenvalue weighted by Gasteiger charge is 2.40. The molecule has 0 aliphatic carbocycles. The molecule has 0 fully saturated rings. The molecule has 1 aliphatic heterocycles. The van der Waals surface area contributed by atoms with Gasteiger partial charge in [-0.15, -0.1) is 6.58 Å². The highest BCUT2D eigenvalue weighted by molar-refractivity contribution is 5.81. The number of rotatable bonds is 25. The molecule has 2 atom stereocenters. The van der Waals surface area contributed by atoms with Crippen LogP contribution in [-0.2, 0) is 4.79 Å². The van der Waals surface area contributed by atoms with Gasteiger partial charge in [0.15, 0.2) is 6.54 Å². The number of aliphatic imine (C=N–C) groups is 1. The molecule has 0 aromatic heterocycles. The predicted octanol–water partition coefficient (Wildman–Crippen LogP) is 8.45. The Morgan fingerprint density at radius 3 is 1.63 bits per heavy atom. The first-order valence-electron chi connectivity index (χ1n) is 14.7. The average molecular weight is 491 g/mol. The Bertz CT molecular complexity index is 615. The number of carboxylic acids is 1. The maximum absolute atomic E-state index is 11.3. The smallest absolute Gasteiger partial charge is 0.360 e. The van der Waals surface area contributed by atoms with Crippen molar-refractivity contribution in [1.82, 2.24) is 0 Å². The molecular weight excluding hydrogens is 434 g/mol. The zero-order valence-corrected chi connectivity index (χ0v) is 22.9. The molecule has 35 heavy (non-hydrogen) atoms. The summed E-state index contributed by atoms with van der Waals surface area (Å²) in [6, 6.07) is 0. The van der Waals surface area contributed by atoms with Crippen LogP contribution in [-0.4, -0.2) is 34.1 Å². The predicted molar refractivity (Wildman–Crippen MR) is 150 cm³/mol. The van der Waals surface area contributed by atoms with E-state index in [0.717, 1.165) is 18.7 Å². The van der Waals surface area contributed by atoms with Gasteiger partial charge in [-0.1, -0.05) is 115 Å². The highest BCUT2D eigenvalue weighted by atomic mass is 16.4. The number of carbonyl (C=O) groups is 1. The Labute approximate surface area is 216 Å². The van der Waals surface area contributed by atoms with E-state index in [2.05, 4.69) is 11.6 Å². The molecule has 1 heterocycles. The van der Waals surface area contributed by atoms with Crippen molar-refractivity contribution >= 4 is 11.8 Å². The Morgan fingerprint density at radius 2 is 1.26 bits per heavy atom. The van der Waals surface area contributed by atoms with Gasteiger partial charge < -0.3 is 5.11 Å². The van der Waals surface area contributed by atoms with Crippen molar-refractivity contribution in [2.75, 3.05) is 6.54 Å². The van der Waals surface area contributed by atoms with Gasteiger partial charge in [-0.3, -0.25) is 5.73 Å². The molecule has 0 saturated carbocycles. The van der Waals surface area contributed by atoms with E-state index in [1.807, 2.05) is 19.2 Å². The first kappa shape index (κ1) is 31.6. The fraction of sp³-hybridized carbons (Fsp3) is 0.800. The molecule has 0 spiro atoms. The summed E-state index contributed by atoms with van der Waals surface area (Å²) in [6.45, 7) is 5.63. The van der Waals surface area contributed by atoms with Crippen LogP contribution in [0.1, 0.15) is 142 Å². The average Bonchev–Trinajstić information content (AvgIpc) is 3.23. The third-order valence-electron chi connectivity index (χ3n) is 7.47. The van der Waals surface area contributed by atoms with Crippen molar-refractivity contribution < 1.29 is 14.4 Å². The van der Waals surface area contributed by atoms with Crippen LogP contribution in [0.15, 0.2) is 30.0 Å². The topological polar surface area (TPSA) is 75.7 Å². The van der Waals surface area contributed by atoms with Crippen molar-refractivity contribution in [2.24, 2.45) is 10.7 Å². The summed E-state index contributed by atoms with van der Waals surface area (Å²) in [4.78, 5) is 15.8. The first-order chi connectivity index (χ1) is 17.0. The summed E-state index contributed by atoms with van der Waals surface area (Å²) in [5.74, 6) is 0.0652. The lowest BCUT2D eigenvalue weighted by atomic mass is 10.0. The Balaban J connectivity index is 1.86. The Kier molecular flexibility index (Phi) is 18.7. The van der Waals surface area contributed by atoms with E-state index in [1.165, 1.54) is 122 Å². The standard InChI is InChI=1S/C30H55N3O2/c1-3-4-5-6-7-8-9-10-11-12-13-14-15-16-17-18-19-20-21-22-23-24-29-32-25-26-33(29,28(2)31)27-30(34)35/h3,25-26,28H,1,4-24,27,31H2,2H3/p+1. The molecule has 2 unspecified atom stereocenters. The number of aliphatic carboxylic acids is 1. The van der Waals surface area contributed by atoms with Crippen LogP contribution in [0.5, 0.6) is 0 Å². The monoisotopic (exact) mass is 490 g/mol. The van der Waals surface area contributed by atoms with Crippen LogP contribution in [0.2, 0.25) is 0 Å². The zero-order valence-electron chi connectivity index (χ0n) is 22.9. The molecule has 202 valence electrons. The minimum absolute atomic E-state index is 0.0239. The summed E-state index contributed by atoms with van der Waals surface area (Å²) in [5, 5.41) is 9.29. The second-order valence-corrected chi connectivity index (χ2v) is 10.6. The lowest BCUT2D eigenvalue weighted by Crippen LogP contribution is -2.59. The van der Waals surface area contributed by atoms with Gasteiger partial charge in [0, 0.05) is 13.3 Å². The molecule has 3 N–H and O–H groups in total. The minimum atomic E-state index is -0.835. The van der Waals surface area contributed by atoms with E-state index >= 15 is 0 Å². The summed E-state index contributed by atoms with van der Waals surface area (Å²) in [5.41, 5.74) is 6.13. The van der Waals surface area contributed by atoms with E-state index in [9.17, 15) is 9.90 Å². The molecule has 0 aromatic rings. The molecule has 0 saturated heterocycles. The van der Waals surface area contributed by atoms with E-state index in [4.69, 9.17) is 5.73 Å². The molecule has 1 rings (SSSR count). The highest BCUT2D eigenvalue weighted by Crippen LogP contribution is 2.23. The fourth-order valence-corrected chi connectivity index (χ4v) is 5.16. The number of nitrogens with two attached hydrogens (primary N) is 1. The number of carboxylic acid groups (broad SMARTS) is 1. The minimum Gasteiger partial charge on any atom is -0.477 e. The van der Waals surface area contributed by atoms with Crippen molar-refractivity contribution in [1.29, 1.82) is 0 Å². The lowest BCUT2D eigenvalue weighted by molar-refractivity contribution is -0.805. The largest absolute Gasteiger partial charge is 0.477 e. The number of unbranched alkanes of at least 4 members (excludes halogenated alkanes) is 19. The van der Waals surface area contributed by atoms with Crippen LogP contribution >= 0.6 is 0 Å². The van der Waals surface area contributed by atoms with Crippen molar-refractivity contribution in [3.05, 3.63) is 25.1 Å². The maximum Gasteiger partial charge on any atom is 0.360 e. The number of quaternary nitrogens is 1. The summed E-state index contributed by atoms with van der Waals surface area (Å²) in [7, 11) is 0. The first-order valence-corrected chi connectivity index (χ1v) is 14.7. The van der Waals surface area contributed by atoms with Gasteiger partial charge in [0.05, 0.1) is 6.20 Å². The van der Waals surface area contributed by atoms with Gasteiger partial charge in [-0.25, -0.2) is 14.3 Å². The van der Waals surface area contributed by atoms with Crippen LogP contribution in [0, 0.1) is 0 Å². The van der Waals surface area contributed by atoms with Crippen molar-refractivity contribution in [3.8, 4) is 0 Å². The molecule has 0 radical (unpaired) electrons. The van der Waals surface area contributed by atoms with E-state index in [0.29, 0.717) is 0 Å². The van der Waals surface area contributed by atoms with Gasteiger partial charge in [-0.2, -0.15) is 0 Å². The summed E-state index contributed by atoms with van der Waals surface area (Å²) in [6.07, 6.45) is 33.1. The van der Waals surface area contributed by atoms with E-state index < -0.39 is 5.97 Å². The van der Waals surface area contributed by atoms with Gasteiger partial charge in [0.2, 0.25) is 5.84 Å². The van der Waals surface area contributed by atoms with E-state index in [1.54, 1.807) is 6.20 Å². The molecule has 0 bridgehead atoms. The van der Waals surface area contributed by atoms with Crippen molar-refractivity contribution in [3.63, 3.8) is 0 Å². The number of hydrogen-bond donors (Lipinski definition) is 2. The van der Waals surface area contributed by atoms with Crippen molar-refractivity contribution in [2.45, 2.75) is 148 Å². The summed E-state index contributed by atoms with van der Waals surface area (Å²) < 4.78 is 0.173. The van der Waals surface area contributed by atoms with Gasteiger partial charge in [-0.05, 0) is 19.3 Å². The van der Waals surface area contributed by atoms with Gasteiger partial charge in [0.25, 0.3) is 0 Å². The quantitative estimate of drug-likeness (QED) is 0.0765. The Hall–Kier alpha value is -1.46. The van der Waals surface area contributed by atoms with Crippen LogP contribution in [0.25, 0.3) is 0 Å². The number of nitrogens with zero attached hydrogens (tertiary/aromatic N) is 2. The SMILES string of the molecule is C=CCCCCCCCCCCCCCCCCCCCCCC1=NC=C[N+]1(CC(=O)O)C(C)N. The molecule has 0 amide bonds. The lowest BCUT2D eigenvalue weighted by Gasteiger charge is -2.34. The number of amidine groups is 1. The molecule has 5 heteroatoms.